The molecule has 1 aliphatic carbocycles. The van der Waals surface area contributed by atoms with E-state index in [0.717, 1.165) is 10.9 Å². The van der Waals surface area contributed by atoms with Crippen molar-refractivity contribution in [3.05, 3.63) is 42.9 Å². The number of nitrogens with zero attached hydrogens (tertiary/aromatic N) is 6. The Bertz CT molecular complexity index is 1110. The van der Waals surface area contributed by atoms with Crippen LogP contribution in [0.25, 0.3) is 22.1 Å². The zero-order valence-electron chi connectivity index (χ0n) is 14.5. The van der Waals surface area contributed by atoms with Gasteiger partial charge in [0.15, 0.2) is 17.0 Å². The number of rotatable bonds is 4. The molecule has 0 bridgehead atoms. The molecule has 1 fully saturated rings. The predicted molar refractivity (Wildman–Crippen MR) is 98.9 cm³/mol. The van der Waals surface area contributed by atoms with E-state index in [-0.39, 0.29) is 18.6 Å². The molecule has 3 unspecified atom stereocenters. The molecule has 0 amide bonds. The summed E-state index contributed by atoms with van der Waals surface area (Å²) in [6.07, 6.45) is 4.04. The monoisotopic (exact) mass is 365 g/mol. The predicted octanol–water partition coefficient (Wildman–Crippen LogP) is 1.36. The van der Waals surface area contributed by atoms with Gasteiger partial charge in [0.05, 0.1) is 17.7 Å². The number of benzene rings is 1. The van der Waals surface area contributed by atoms with Crippen LogP contribution in [-0.4, -0.2) is 52.6 Å². The van der Waals surface area contributed by atoms with Gasteiger partial charge in [-0.3, -0.25) is 10.1 Å². The van der Waals surface area contributed by atoms with Crippen LogP contribution < -0.4 is 5.43 Å². The molecule has 3 atom stereocenters. The number of hydrogen-bond donors (Lipinski definition) is 3. The van der Waals surface area contributed by atoms with E-state index < -0.39 is 6.10 Å². The highest BCUT2D eigenvalue weighted by Gasteiger charge is 2.35. The normalized spacial score (nSPS) is 22.7. The molecule has 4 aromatic rings. The summed E-state index contributed by atoms with van der Waals surface area (Å²) in [5.74, 6) is 0.421. The van der Waals surface area contributed by atoms with Gasteiger partial charge in [0, 0.05) is 24.1 Å². The Labute approximate surface area is 154 Å². The summed E-state index contributed by atoms with van der Waals surface area (Å²) in [5, 5.41) is 29.1. The molecular weight excluding hydrogens is 346 g/mol. The molecule has 138 valence electrons. The van der Waals surface area contributed by atoms with Crippen LogP contribution in [0.1, 0.15) is 18.9 Å². The Morgan fingerprint density at radius 3 is 2.89 bits per heavy atom. The van der Waals surface area contributed by atoms with E-state index in [2.05, 4.69) is 25.7 Å². The molecule has 1 aliphatic rings. The fourth-order valence-electron chi connectivity index (χ4n) is 3.86. The molecule has 1 aromatic carbocycles. The molecule has 9 nitrogen and oxygen atoms in total. The molecule has 9 heteroatoms. The first-order valence-electron chi connectivity index (χ1n) is 8.92. The van der Waals surface area contributed by atoms with Crippen molar-refractivity contribution in [2.45, 2.75) is 25.0 Å². The van der Waals surface area contributed by atoms with Crippen molar-refractivity contribution in [1.82, 2.24) is 29.6 Å². The minimum atomic E-state index is -0.537. The average Bonchev–Trinajstić information content (AvgIpc) is 3.39. The van der Waals surface area contributed by atoms with E-state index in [1.807, 2.05) is 41.2 Å². The molecule has 0 saturated heterocycles. The first-order valence-corrected chi connectivity index (χ1v) is 8.92. The highest BCUT2D eigenvalue weighted by atomic mass is 16.3. The highest BCUT2D eigenvalue weighted by Crippen LogP contribution is 2.35. The van der Waals surface area contributed by atoms with Crippen molar-refractivity contribution in [2.24, 2.45) is 5.92 Å². The zero-order chi connectivity index (χ0) is 18.4. The summed E-state index contributed by atoms with van der Waals surface area (Å²) in [7, 11) is 0. The van der Waals surface area contributed by atoms with Crippen molar-refractivity contribution in [3.63, 3.8) is 0 Å². The van der Waals surface area contributed by atoms with Crippen molar-refractivity contribution >= 4 is 27.9 Å². The third-order valence-electron chi connectivity index (χ3n) is 5.30. The number of aliphatic hydroxyl groups excluding tert-OH is 2. The van der Waals surface area contributed by atoms with E-state index in [1.165, 1.54) is 6.33 Å². The fraction of sp³-hybridized carbons (Fsp3) is 0.333. The molecule has 3 heterocycles. The number of fused-ring (bicyclic) bond motifs is 2. The van der Waals surface area contributed by atoms with Crippen LogP contribution in [0.3, 0.4) is 0 Å². The second kappa shape index (κ2) is 6.29. The number of aliphatic hydroxyl groups is 2. The van der Waals surface area contributed by atoms with Crippen molar-refractivity contribution in [2.75, 3.05) is 12.0 Å². The Morgan fingerprint density at radius 1 is 1.15 bits per heavy atom. The molecule has 3 aromatic heterocycles. The summed E-state index contributed by atoms with van der Waals surface area (Å²) < 4.78 is 3.62. The van der Waals surface area contributed by atoms with Gasteiger partial charge in [0.2, 0.25) is 0 Å². The lowest BCUT2D eigenvalue weighted by Gasteiger charge is -2.11. The zero-order valence-corrected chi connectivity index (χ0v) is 14.5. The quantitative estimate of drug-likeness (QED) is 0.500. The van der Waals surface area contributed by atoms with E-state index in [4.69, 9.17) is 0 Å². The van der Waals surface area contributed by atoms with Gasteiger partial charge < -0.3 is 10.2 Å². The summed E-state index contributed by atoms with van der Waals surface area (Å²) >= 11 is 0. The molecule has 3 N–H and O–H groups in total. The average molecular weight is 365 g/mol. The maximum Gasteiger partial charge on any atom is 0.184 e. The van der Waals surface area contributed by atoms with Crippen molar-refractivity contribution < 1.29 is 10.2 Å². The third kappa shape index (κ3) is 2.63. The fourth-order valence-corrected chi connectivity index (χ4v) is 3.86. The van der Waals surface area contributed by atoms with Gasteiger partial charge in [-0.2, -0.15) is 0 Å². The number of anilines is 1. The van der Waals surface area contributed by atoms with E-state index in [9.17, 15) is 10.2 Å². The van der Waals surface area contributed by atoms with Crippen LogP contribution in [-0.2, 0) is 0 Å². The first kappa shape index (κ1) is 16.2. The minimum absolute atomic E-state index is 0.0349. The largest absolute Gasteiger partial charge is 0.396 e. The van der Waals surface area contributed by atoms with Crippen molar-refractivity contribution in [3.8, 4) is 0 Å². The SMILES string of the molecule is OCC1CC(n2nnc3c(Nn4ccc5ccccc54)ncnc32)CC1O. The summed E-state index contributed by atoms with van der Waals surface area (Å²) in [4.78, 5) is 8.67. The summed E-state index contributed by atoms with van der Waals surface area (Å²) in [6.45, 7) is -0.0349. The first-order chi connectivity index (χ1) is 13.2. The lowest BCUT2D eigenvalue weighted by atomic mass is 10.1. The number of aromatic nitrogens is 6. The third-order valence-corrected chi connectivity index (χ3v) is 5.30. The molecule has 0 radical (unpaired) electrons. The van der Waals surface area contributed by atoms with Crippen LogP contribution in [0.5, 0.6) is 0 Å². The van der Waals surface area contributed by atoms with Gasteiger partial charge >= 0.3 is 0 Å². The van der Waals surface area contributed by atoms with Gasteiger partial charge in [-0.1, -0.05) is 23.4 Å². The second-order valence-electron chi connectivity index (χ2n) is 6.92. The van der Waals surface area contributed by atoms with Gasteiger partial charge in [-0.05, 0) is 25.0 Å². The smallest absolute Gasteiger partial charge is 0.184 e. The summed E-state index contributed by atoms with van der Waals surface area (Å²) in [5.41, 5.74) is 5.47. The van der Waals surface area contributed by atoms with E-state index >= 15 is 0 Å². The van der Waals surface area contributed by atoms with E-state index in [1.54, 1.807) is 4.68 Å². The topological polar surface area (TPSA) is 114 Å². The minimum Gasteiger partial charge on any atom is -0.396 e. The van der Waals surface area contributed by atoms with Crippen LogP contribution in [0, 0.1) is 5.92 Å². The molecular formula is C18H19N7O2. The van der Waals surface area contributed by atoms with Crippen LogP contribution in [0.2, 0.25) is 0 Å². The highest BCUT2D eigenvalue weighted by molar-refractivity contribution is 5.84. The molecule has 0 spiro atoms. The summed E-state index contributed by atoms with van der Waals surface area (Å²) in [6, 6.07) is 10.0. The Hall–Kier alpha value is -3.04. The molecule has 0 aliphatic heterocycles. The molecule has 27 heavy (non-hydrogen) atoms. The maximum absolute atomic E-state index is 10.1. The van der Waals surface area contributed by atoms with E-state index in [0.29, 0.717) is 29.8 Å². The number of hydrogen-bond acceptors (Lipinski definition) is 7. The number of para-hydroxylation sites is 1. The maximum atomic E-state index is 10.1. The lowest BCUT2D eigenvalue weighted by molar-refractivity contribution is 0.0906. The van der Waals surface area contributed by atoms with Gasteiger partial charge in [-0.15, -0.1) is 5.10 Å². The van der Waals surface area contributed by atoms with Gasteiger partial charge in [0.25, 0.3) is 0 Å². The van der Waals surface area contributed by atoms with Crippen LogP contribution >= 0.6 is 0 Å². The Morgan fingerprint density at radius 2 is 2.04 bits per heavy atom. The lowest BCUT2D eigenvalue weighted by Crippen LogP contribution is -2.16. The molecule has 5 rings (SSSR count). The molecule has 1 saturated carbocycles. The van der Waals surface area contributed by atoms with Gasteiger partial charge in [-0.25, -0.2) is 14.6 Å². The second-order valence-corrected chi connectivity index (χ2v) is 6.92. The van der Waals surface area contributed by atoms with Crippen LogP contribution in [0.15, 0.2) is 42.9 Å². The standard InChI is InChI=1S/C18H19N7O2/c26-9-12-7-13(8-15(12)27)25-18-16(21-23-25)17(19-10-20-18)22-24-6-5-11-3-1-2-4-14(11)24/h1-6,10,12-13,15,26-27H,7-9H2,(H,19,20,22). The Kier molecular flexibility index (Phi) is 3.76. The van der Waals surface area contributed by atoms with Gasteiger partial charge in [0.1, 0.15) is 6.33 Å². The van der Waals surface area contributed by atoms with Crippen molar-refractivity contribution in [1.29, 1.82) is 0 Å². The Balaban J connectivity index is 1.51. The number of nitrogens with one attached hydrogen (secondary N) is 1. The van der Waals surface area contributed by atoms with Crippen LogP contribution in [0.4, 0.5) is 5.82 Å².